The fraction of sp³-hybridized carbons (Fsp3) is 0.611. The topological polar surface area (TPSA) is 41.6 Å². The van der Waals surface area contributed by atoms with E-state index in [0.29, 0.717) is 0 Å². The molecule has 0 saturated carbocycles. The maximum atomic E-state index is 12.5. The summed E-state index contributed by atoms with van der Waals surface area (Å²) in [5, 5.41) is 3.24. The molecule has 0 unspecified atom stereocenters. The second-order valence-corrected chi connectivity index (χ2v) is 7.07. The first-order valence-electron chi connectivity index (χ1n) is 8.28. The first-order chi connectivity index (χ1) is 10.5. The lowest BCUT2D eigenvalue weighted by Crippen LogP contribution is -2.47. The van der Waals surface area contributed by atoms with Gasteiger partial charge in [-0.2, -0.15) is 0 Å². The van der Waals surface area contributed by atoms with Gasteiger partial charge in [0.25, 0.3) is 0 Å². The van der Waals surface area contributed by atoms with Crippen LogP contribution in [-0.4, -0.2) is 37.2 Å². The molecule has 0 bridgehead atoms. The highest BCUT2D eigenvalue weighted by Crippen LogP contribution is 2.26. The molecule has 1 aromatic carbocycles. The number of benzene rings is 1. The van der Waals surface area contributed by atoms with Gasteiger partial charge in [-0.05, 0) is 45.2 Å². The summed E-state index contributed by atoms with van der Waals surface area (Å²) in [5.74, 6) is 0.312. The number of hydrogen-bond acceptors (Lipinski definition) is 3. The minimum Gasteiger partial charge on any atom is -0.375 e. The molecule has 2 aliphatic heterocycles. The number of rotatable bonds is 3. The number of hydrogen-bond donors (Lipinski definition) is 1. The average Bonchev–Trinajstić information content (AvgIpc) is 2.97. The number of anilines is 1. The molecule has 22 heavy (non-hydrogen) atoms. The lowest BCUT2D eigenvalue weighted by atomic mass is 9.93. The van der Waals surface area contributed by atoms with Crippen molar-refractivity contribution >= 4 is 11.6 Å². The van der Waals surface area contributed by atoms with Crippen LogP contribution in [0.1, 0.15) is 33.1 Å². The molecular formula is C18H26N2O2. The molecule has 2 saturated heterocycles. The number of nitrogens with zero attached hydrogens (tertiary/aromatic N) is 1. The summed E-state index contributed by atoms with van der Waals surface area (Å²) in [4.78, 5) is 14.8. The molecule has 0 spiro atoms. The van der Waals surface area contributed by atoms with Crippen molar-refractivity contribution in [3.05, 3.63) is 30.3 Å². The number of ether oxygens (including phenoxy) is 1. The SMILES string of the molecule is CC1(C)C[C@@H](NC(=O)[C@@H]2CCN(c3ccccc3)C2)CCO1. The van der Waals surface area contributed by atoms with E-state index in [1.54, 1.807) is 0 Å². The van der Waals surface area contributed by atoms with Crippen molar-refractivity contribution in [2.45, 2.75) is 44.8 Å². The summed E-state index contributed by atoms with van der Waals surface area (Å²) in [7, 11) is 0. The normalized spacial score (nSPS) is 27.6. The van der Waals surface area contributed by atoms with E-state index in [4.69, 9.17) is 4.74 Å². The van der Waals surface area contributed by atoms with Crippen molar-refractivity contribution in [1.29, 1.82) is 0 Å². The molecule has 1 amide bonds. The van der Waals surface area contributed by atoms with Gasteiger partial charge in [0.05, 0.1) is 11.5 Å². The van der Waals surface area contributed by atoms with Crippen LogP contribution in [0.3, 0.4) is 0 Å². The number of amides is 1. The standard InChI is InChI=1S/C18H26N2O2/c1-18(2)12-15(9-11-22-18)19-17(21)14-8-10-20(13-14)16-6-4-3-5-7-16/h3-7,14-15H,8-13H2,1-2H3,(H,19,21)/t14-,15+/m1/s1. The summed E-state index contributed by atoms with van der Waals surface area (Å²) in [6.45, 7) is 6.71. The Kier molecular flexibility index (Phi) is 4.39. The highest BCUT2D eigenvalue weighted by atomic mass is 16.5. The quantitative estimate of drug-likeness (QED) is 0.933. The minimum atomic E-state index is -0.123. The van der Waals surface area contributed by atoms with Crippen molar-refractivity contribution in [3.8, 4) is 0 Å². The highest BCUT2D eigenvalue weighted by Gasteiger charge is 2.33. The molecule has 1 aromatic rings. The van der Waals surface area contributed by atoms with Crippen LogP contribution in [-0.2, 0) is 9.53 Å². The molecule has 0 aliphatic carbocycles. The first-order valence-corrected chi connectivity index (χ1v) is 8.28. The summed E-state index contributed by atoms with van der Waals surface area (Å²) in [6, 6.07) is 10.6. The van der Waals surface area contributed by atoms with Crippen LogP contribution in [0.2, 0.25) is 0 Å². The number of para-hydroxylation sites is 1. The van der Waals surface area contributed by atoms with Gasteiger partial charge in [0.15, 0.2) is 0 Å². The predicted molar refractivity (Wildman–Crippen MR) is 88.0 cm³/mol. The summed E-state index contributed by atoms with van der Waals surface area (Å²) < 4.78 is 5.72. The molecule has 2 aliphatic rings. The van der Waals surface area contributed by atoms with E-state index in [-0.39, 0.29) is 23.5 Å². The van der Waals surface area contributed by atoms with Gasteiger partial charge >= 0.3 is 0 Å². The largest absolute Gasteiger partial charge is 0.375 e. The maximum Gasteiger partial charge on any atom is 0.225 e. The van der Waals surface area contributed by atoms with Crippen LogP contribution in [0.4, 0.5) is 5.69 Å². The van der Waals surface area contributed by atoms with Gasteiger partial charge in [0, 0.05) is 31.4 Å². The van der Waals surface area contributed by atoms with E-state index in [1.165, 1.54) is 5.69 Å². The van der Waals surface area contributed by atoms with E-state index < -0.39 is 0 Å². The molecule has 0 aromatic heterocycles. The Morgan fingerprint density at radius 1 is 1.27 bits per heavy atom. The second-order valence-electron chi connectivity index (χ2n) is 7.07. The molecular weight excluding hydrogens is 276 g/mol. The van der Waals surface area contributed by atoms with E-state index in [0.717, 1.165) is 39.0 Å². The van der Waals surface area contributed by atoms with Crippen LogP contribution < -0.4 is 10.2 Å². The smallest absolute Gasteiger partial charge is 0.225 e. The molecule has 4 nitrogen and oxygen atoms in total. The molecule has 2 heterocycles. The zero-order chi connectivity index (χ0) is 15.6. The fourth-order valence-electron chi connectivity index (χ4n) is 3.52. The average molecular weight is 302 g/mol. The molecule has 2 fully saturated rings. The fourth-order valence-corrected chi connectivity index (χ4v) is 3.52. The van der Waals surface area contributed by atoms with Crippen LogP contribution in [0, 0.1) is 5.92 Å². The van der Waals surface area contributed by atoms with Crippen LogP contribution in [0.5, 0.6) is 0 Å². The van der Waals surface area contributed by atoms with Crippen molar-refractivity contribution in [3.63, 3.8) is 0 Å². The Morgan fingerprint density at radius 2 is 2.05 bits per heavy atom. The molecule has 1 N–H and O–H groups in total. The first kappa shape index (κ1) is 15.3. The van der Waals surface area contributed by atoms with Gasteiger partial charge in [0.1, 0.15) is 0 Å². The van der Waals surface area contributed by atoms with Crippen molar-refractivity contribution in [2.24, 2.45) is 5.92 Å². The second kappa shape index (κ2) is 6.29. The van der Waals surface area contributed by atoms with Gasteiger partial charge in [-0.25, -0.2) is 0 Å². The zero-order valence-corrected chi connectivity index (χ0v) is 13.5. The monoisotopic (exact) mass is 302 g/mol. The third-order valence-corrected chi connectivity index (χ3v) is 4.72. The third kappa shape index (κ3) is 3.61. The van der Waals surface area contributed by atoms with Crippen molar-refractivity contribution < 1.29 is 9.53 Å². The number of nitrogens with one attached hydrogen (secondary N) is 1. The number of carbonyl (C=O) groups excluding carboxylic acids is 1. The third-order valence-electron chi connectivity index (χ3n) is 4.72. The summed E-state index contributed by atoms with van der Waals surface area (Å²) >= 11 is 0. The van der Waals surface area contributed by atoms with Crippen molar-refractivity contribution in [2.75, 3.05) is 24.6 Å². The lowest BCUT2D eigenvalue weighted by molar-refractivity contribution is -0.127. The minimum absolute atomic E-state index is 0.103. The molecule has 120 valence electrons. The van der Waals surface area contributed by atoms with Gasteiger partial charge in [-0.15, -0.1) is 0 Å². The molecule has 0 radical (unpaired) electrons. The highest BCUT2D eigenvalue weighted by molar-refractivity contribution is 5.80. The van der Waals surface area contributed by atoms with E-state index in [9.17, 15) is 4.79 Å². The Balaban J connectivity index is 1.53. The maximum absolute atomic E-state index is 12.5. The Morgan fingerprint density at radius 3 is 2.77 bits per heavy atom. The van der Waals surface area contributed by atoms with Crippen molar-refractivity contribution in [1.82, 2.24) is 5.32 Å². The van der Waals surface area contributed by atoms with Crippen LogP contribution >= 0.6 is 0 Å². The van der Waals surface area contributed by atoms with Gasteiger partial charge < -0.3 is 15.0 Å². The van der Waals surface area contributed by atoms with Gasteiger partial charge in [0.2, 0.25) is 5.91 Å². The van der Waals surface area contributed by atoms with Crippen LogP contribution in [0.15, 0.2) is 30.3 Å². The molecule has 3 rings (SSSR count). The molecule has 2 atom stereocenters. The Labute approximate surface area is 132 Å². The van der Waals surface area contributed by atoms with Gasteiger partial charge in [-0.3, -0.25) is 4.79 Å². The van der Waals surface area contributed by atoms with E-state index in [1.807, 2.05) is 18.2 Å². The van der Waals surface area contributed by atoms with E-state index in [2.05, 4.69) is 36.2 Å². The van der Waals surface area contributed by atoms with Crippen LogP contribution in [0.25, 0.3) is 0 Å². The predicted octanol–water partition coefficient (Wildman–Crippen LogP) is 2.59. The summed E-state index contributed by atoms with van der Waals surface area (Å²) in [5.41, 5.74) is 1.09. The zero-order valence-electron chi connectivity index (χ0n) is 13.5. The lowest BCUT2D eigenvalue weighted by Gasteiger charge is -2.36. The number of carbonyl (C=O) groups is 1. The summed E-state index contributed by atoms with van der Waals surface area (Å²) in [6.07, 6.45) is 2.76. The Bertz CT molecular complexity index is 515. The van der Waals surface area contributed by atoms with Gasteiger partial charge in [-0.1, -0.05) is 18.2 Å². The molecule has 4 heteroatoms. The Hall–Kier alpha value is -1.55. The van der Waals surface area contributed by atoms with E-state index >= 15 is 0 Å².